The summed E-state index contributed by atoms with van der Waals surface area (Å²) >= 11 is 0. The van der Waals surface area contributed by atoms with E-state index in [1.807, 2.05) is 22.5 Å². The molecule has 0 saturated carbocycles. The number of hydrogen-bond acceptors (Lipinski definition) is 3. The van der Waals surface area contributed by atoms with Gasteiger partial charge in [0.25, 0.3) is 0 Å². The summed E-state index contributed by atoms with van der Waals surface area (Å²) in [5.41, 5.74) is 10.8. The van der Waals surface area contributed by atoms with Crippen LogP contribution in [0.5, 0.6) is 0 Å². The lowest BCUT2D eigenvalue weighted by Crippen LogP contribution is -2.22. The number of nitrogens with zero attached hydrogens (tertiary/aromatic N) is 4. The highest BCUT2D eigenvalue weighted by atomic mass is 15.3. The van der Waals surface area contributed by atoms with Crippen LogP contribution in [0.15, 0.2) is 6.20 Å². The summed E-state index contributed by atoms with van der Waals surface area (Å²) in [7, 11) is 0. The van der Waals surface area contributed by atoms with Crippen LogP contribution in [-0.4, -0.2) is 19.6 Å². The van der Waals surface area contributed by atoms with Gasteiger partial charge in [-0.1, -0.05) is 0 Å². The van der Waals surface area contributed by atoms with Crippen LogP contribution >= 0.6 is 0 Å². The zero-order valence-corrected chi connectivity index (χ0v) is 12.7. The molecule has 5 nitrogen and oxygen atoms in total. The summed E-state index contributed by atoms with van der Waals surface area (Å²) in [5.74, 6) is 0. The smallest absolute Gasteiger partial charge is 0.119 e. The van der Waals surface area contributed by atoms with Gasteiger partial charge in [0, 0.05) is 24.0 Å². The van der Waals surface area contributed by atoms with E-state index in [9.17, 15) is 0 Å². The van der Waals surface area contributed by atoms with Crippen molar-refractivity contribution < 1.29 is 0 Å². The van der Waals surface area contributed by atoms with Crippen molar-refractivity contribution >= 4 is 5.69 Å². The van der Waals surface area contributed by atoms with E-state index in [1.54, 1.807) is 0 Å². The fourth-order valence-corrected chi connectivity index (χ4v) is 2.27. The molecule has 2 rings (SSSR count). The third-order valence-electron chi connectivity index (χ3n) is 3.35. The van der Waals surface area contributed by atoms with Gasteiger partial charge < -0.3 is 5.73 Å². The summed E-state index contributed by atoms with van der Waals surface area (Å²) < 4.78 is 3.90. The first kappa shape index (κ1) is 13.6. The summed E-state index contributed by atoms with van der Waals surface area (Å²) in [4.78, 5) is 0. The molecule has 0 atom stereocenters. The molecule has 2 heterocycles. The molecular weight excluding hydrogens is 238 g/mol. The summed E-state index contributed by atoms with van der Waals surface area (Å²) in [5, 5.41) is 9.19. The molecule has 0 radical (unpaired) electrons. The second-order valence-corrected chi connectivity index (χ2v) is 5.91. The number of rotatable bonds is 2. The van der Waals surface area contributed by atoms with Crippen molar-refractivity contribution in [3.05, 3.63) is 17.6 Å². The Balaban J connectivity index is 2.60. The van der Waals surface area contributed by atoms with Crippen molar-refractivity contribution in [3.63, 3.8) is 0 Å². The molecular formula is C14H23N5. The molecule has 0 spiro atoms. The Morgan fingerprint density at radius 2 is 1.84 bits per heavy atom. The fraction of sp³-hybridized carbons (Fsp3) is 0.571. The lowest BCUT2D eigenvalue weighted by atomic mass is 10.1. The lowest BCUT2D eigenvalue weighted by molar-refractivity contribution is 0.356. The molecule has 0 aliphatic rings. The first-order valence-corrected chi connectivity index (χ1v) is 6.65. The predicted molar refractivity (Wildman–Crippen MR) is 78.0 cm³/mol. The zero-order valence-electron chi connectivity index (χ0n) is 12.7. The van der Waals surface area contributed by atoms with Crippen molar-refractivity contribution in [1.29, 1.82) is 0 Å². The van der Waals surface area contributed by atoms with E-state index in [-0.39, 0.29) is 5.54 Å². The number of aromatic nitrogens is 4. The average Bonchev–Trinajstić information content (AvgIpc) is 2.79. The maximum Gasteiger partial charge on any atom is 0.119 e. The molecule has 2 N–H and O–H groups in total. The van der Waals surface area contributed by atoms with E-state index in [2.05, 4.69) is 44.8 Å². The van der Waals surface area contributed by atoms with Crippen LogP contribution in [0.3, 0.4) is 0 Å². The van der Waals surface area contributed by atoms with Crippen LogP contribution in [0, 0.1) is 13.8 Å². The molecule has 0 bridgehead atoms. The topological polar surface area (TPSA) is 61.7 Å². The van der Waals surface area contributed by atoms with Gasteiger partial charge in [0.15, 0.2) is 0 Å². The maximum atomic E-state index is 6.14. The van der Waals surface area contributed by atoms with Crippen LogP contribution in [0.4, 0.5) is 5.69 Å². The number of nitrogens with two attached hydrogens (primary N) is 1. The van der Waals surface area contributed by atoms with Crippen molar-refractivity contribution in [2.45, 2.75) is 53.6 Å². The van der Waals surface area contributed by atoms with Crippen LogP contribution in [0.25, 0.3) is 11.3 Å². The minimum Gasteiger partial charge on any atom is -0.396 e. The minimum atomic E-state index is -0.0745. The highest BCUT2D eigenvalue weighted by Gasteiger charge is 2.22. The molecule has 104 valence electrons. The molecule has 0 amide bonds. The Hall–Kier alpha value is -1.78. The molecule has 0 aliphatic carbocycles. The minimum absolute atomic E-state index is 0.0745. The second-order valence-electron chi connectivity index (χ2n) is 5.91. The maximum absolute atomic E-state index is 6.14. The van der Waals surface area contributed by atoms with Crippen LogP contribution < -0.4 is 5.73 Å². The van der Waals surface area contributed by atoms with Gasteiger partial charge in [-0.05, 0) is 41.5 Å². The third-order valence-corrected chi connectivity index (χ3v) is 3.35. The Labute approximate surface area is 114 Å². The van der Waals surface area contributed by atoms with Crippen molar-refractivity contribution in [3.8, 4) is 11.3 Å². The Kier molecular flexibility index (Phi) is 3.16. The van der Waals surface area contributed by atoms with Crippen LogP contribution in [0.1, 0.15) is 39.1 Å². The van der Waals surface area contributed by atoms with Gasteiger partial charge in [-0.2, -0.15) is 10.2 Å². The second kappa shape index (κ2) is 4.40. The van der Waals surface area contributed by atoms with Crippen molar-refractivity contribution in [1.82, 2.24) is 19.6 Å². The molecule has 0 aromatic carbocycles. The van der Waals surface area contributed by atoms with Crippen LogP contribution in [0.2, 0.25) is 0 Å². The Morgan fingerprint density at radius 1 is 1.21 bits per heavy atom. The van der Waals surface area contributed by atoms with E-state index in [4.69, 9.17) is 5.73 Å². The molecule has 5 heteroatoms. The van der Waals surface area contributed by atoms with Gasteiger partial charge in [-0.25, -0.2) is 0 Å². The number of anilines is 1. The molecule has 0 fully saturated rings. The Bertz CT molecular complexity index is 598. The van der Waals surface area contributed by atoms with Crippen molar-refractivity contribution in [2.75, 3.05) is 5.73 Å². The van der Waals surface area contributed by atoms with Crippen LogP contribution in [-0.2, 0) is 12.1 Å². The number of aryl methyl sites for hydroxylation is 2. The summed E-state index contributed by atoms with van der Waals surface area (Å²) in [6.07, 6.45) is 1.90. The molecule has 19 heavy (non-hydrogen) atoms. The SMILES string of the molecule is CCn1nc(C)c(-c2nn(C(C)(C)C)cc2N)c1C. The standard InChI is InChI=1S/C14H23N5/c1-7-18-10(3)12(9(2)16-18)13-11(15)8-19(17-13)14(4,5)6/h8H,7,15H2,1-6H3. The highest BCUT2D eigenvalue weighted by Crippen LogP contribution is 2.31. The summed E-state index contributed by atoms with van der Waals surface area (Å²) in [6, 6.07) is 0. The van der Waals surface area contributed by atoms with Gasteiger partial charge in [-0.3, -0.25) is 9.36 Å². The molecule has 2 aromatic heterocycles. The number of hydrogen-bond donors (Lipinski definition) is 1. The quantitative estimate of drug-likeness (QED) is 0.904. The predicted octanol–water partition coefficient (Wildman–Crippen LogP) is 2.72. The molecule has 0 saturated heterocycles. The molecule has 0 aliphatic heterocycles. The lowest BCUT2D eigenvalue weighted by Gasteiger charge is -2.18. The molecule has 2 aromatic rings. The van der Waals surface area contributed by atoms with Gasteiger partial charge in [0.05, 0.1) is 16.9 Å². The van der Waals surface area contributed by atoms with E-state index in [0.29, 0.717) is 5.69 Å². The average molecular weight is 261 g/mol. The van der Waals surface area contributed by atoms with Gasteiger partial charge in [-0.15, -0.1) is 0 Å². The zero-order chi connectivity index (χ0) is 14.4. The van der Waals surface area contributed by atoms with E-state index >= 15 is 0 Å². The van der Waals surface area contributed by atoms with E-state index in [1.165, 1.54) is 0 Å². The van der Waals surface area contributed by atoms with E-state index in [0.717, 1.165) is 29.2 Å². The normalized spacial score (nSPS) is 12.1. The third kappa shape index (κ3) is 2.25. The number of nitrogen functional groups attached to an aromatic ring is 1. The largest absolute Gasteiger partial charge is 0.396 e. The van der Waals surface area contributed by atoms with Gasteiger partial charge in [0.1, 0.15) is 5.69 Å². The first-order chi connectivity index (χ1) is 8.75. The van der Waals surface area contributed by atoms with Gasteiger partial charge in [0.2, 0.25) is 0 Å². The highest BCUT2D eigenvalue weighted by molar-refractivity contribution is 5.75. The first-order valence-electron chi connectivity index (χ1n) is 6.65. The molecule has 0 unspecified atom stereocenters. The summed E-state index contributed by atoms with van der Waals surface area (Å²) in [6.45, 7) is 13.3. The Morgan fingerprint density at radius 3 is 2.26 bits per heavy atom. The monoisotopic (exact) mass is 261 g/mol. The van der Waals surface area contributed by atoms with Gasteiger partial charge >= 0.3 is 0 Å². The fourth-order valence-electron chi connectivity index (χ4n) is 2.27. The van der Waals surface area contributed by atoms with E-state index < -0.39 is 0 Å². The van der Waals surface area contributed by atoms with Crippen molar-refractivity contribution in [2.24, 2.45) is 0 Å².